The number of hydrogen-bond donors (Lipinski definition) is 2. The molecule has 2 rings (SSSR count). The molecule has 0 spiro atoms. The zero-order chi connectivity index (χ0) is 16.3. The minimum atomic E-state index is -0.316. The number of aromatic nitrogens is 2. The molecular formula is C15H20N4O2S. The number of hydrazine groups is 1. The monoisotopic (exact) mass is 320 g/mol. The van der Waals surface area contributed by atoms with E-state index >= 15 is 0 Å². The standard InChI is InChI=1S/C15H20N4O2S/c1-5-12-7-13(22-11(12)4)15(21)17-16-14(20)8-19-10(3)6-9(2)18-19/h6-7H,5,8H2,1-4H3,(H,16,20)(H,17,21). The fourth-order valence-electron chi connectivity index (χ4n) is 2.18. The van der Waals surface area contributed by atoms with Crippen molar-refractivity contribution in [3.63, 3.8) is 0 Å². The Bertz CT molecular complexity index is 702. The van der Waals surface area contributed by atoms with E-state index in [1.807, 2.05) is 39.8 Å². The van der Waals surface area contributed by atoms with Gasteiger partial charge < -0.3 is 0 Å². The van der Waals surface area contributed by atoms with E-state index in [0.29, 0.717) is 4.88 Å². The largest absolute Gasteiger partial charge is 0.279 e. The quantitative estimate of drug-likeness (QED) is 0.845. The summed E-state index contributed by atoms with van der Waals surface area (Å²) >= 11 is 1.43. The average molecular weight is 320 g/mol. The predicted molar refractivity (Wildman–Crippen MR) is 85.7 cm³/mol. The maximum atomic E-state index is 12.0. The highest BCUT2D eigenvalue weighted by atomic mass is 32.1. The summed E-state index contributed by atoms with van der Waals surface area (Å²) < 4.78 is 1.60. The first kappa shape index (κ1) is 16.2. The highest BCUT2D eigenvalue weighted by Crippen LogP contribution is 2.21. The molecule has 0 aliphatic heterocycles. The lowest BCUT2D eigenvalue weighted by Crippen LogP contribution is -2.43. The van der Waals surface area contributed by atoms with Crippen LogP contribution < -0.4 is 10.9 Å². The molecule has 22 heavy (non-hydrogen) atoms. The van der Waals surface area contributed by atoms with Crippen molar-refractivity contribution in [2.24, 2.45) is 0 Å². The molecule has 2 amide bonds. The summed E-state index contributed by atoms with van der Waals surface area (Å²) in [4.78, 5) is 25.6. The van der Waals surface area contributed by atoms with Gasteiger partial charge in [0.1, 0.15) is 6.54 Å². The maximum absolute atomic E-state index is 12.0. The summed E-state index contributed by atoms with van der Waals surface area (Å²) in [5.74, 6) is -0.613. The molecule has 2 aromatic heterocycles. The Hall–Kier alpha value is -2.15. The van der Waals surface area contributed by atoms with E-state index in [9.17, 15) is 9.59 Å². The molecule has 0 unspecified atom stereocenters. The van der Waals surface area contributed by atoms with E-state index in [1.54, 1.807) is 4.68 Å². The third kappa shape index (κ3) is 3.73. The second-order valence-corrected chi connectivity index (χ2v) is 6.39. The highest BCUT2D eigenvalue weighted by Gasteiger charge is 2.13. The molecule has 0 fully saturated rings. The number of rotatable bonds is 4. The van der Waals surface area contributed by atoms with Gasteiger partial charge in [0.25, 0.3) is 11.8 Å². The second kappa shape index (κ2) is 6.74. The first-order valence-corrected chi connectivity index (χ1v) is 7.92. The number of thiophene rings is 1. The maximum Gasteiger partial charge on any atom is 0.279 e. The molecule has 118 valence electrons. The van der Waals surface area contributed by atoms with E-state index in [1.165, 1.54) is 11.3 Å². The number of hydrogen-bond acceptors (Lipinski definition) is 4. The summed E-state index contributed by atoms with van der Waals surface area (Å²) in [5.41, 5.74) is 7.78. The third-order valence-electron chi connectivity index (χ3n) is 3.34. The van der Waals surface area contributed by atoms with Gasteiger partial charge in [-0.3, -0.25) is 25.1 Å². The average Bonchev–Trinajstić information content (AvgIpc) is 2.98. The van der Waals surface area contributed by atoms with E-state index in [2.05, 4.69) is 16.0 Å². The lowest BCUT2D eigenvalue weighted by molar-refractivity contribution is -0.122. The van der Waals surface area contributed by atoms with Gasteiger partial charge in [-0.1, -0.05) is 6.92 Å². The molecule has 0 aromatic carbocycles. The number of aryl methyl sites for hydroxylation is 4. The molecular weight excluding hydrogens is 300 g/mol. The Labute approximate surface area is 133 Å². The van der Waals surface area contributed by atoms with Gasteiger partial charge in [-0.05, 0) is 44.9 Å². The third-order valence-corrected chi connectivity index (χ3v) is 4.43. The van der Waals surface area contributed by atoms with E-state index in [4.69, 9.17) is 0 Å². The lowest BCUT2D eigenvalue weighted by atomic mass is 10.2. The zero-order valence-electron chi connectivity index (χ0n) is 13.2. The molecule has 0 bridgehead atoms. The fraction of sp³-hybridized carbons (Fsp3) is 0.400. The van der Waals surface area contributed by atoms with Gasteiger partial charge in [0.05, 0.1) is 10.6 Å². The Morgan fingerprint density at radius 3 is 2.50 bits per heavy atom. The molecule has 2 heterocycles. The topological polar surface area (TPSA) is 76.0 Å². The predicted octanol–water partition coefficient (Wildman–Crippen LogP) is 1.89. The molecule has 2 N–H and O–H groups in total. The first-order valence-electron chi connectivity index (χ1n) is 7.10. The van der Waals surface area contributed by atoms with Crippen molar-refractivity contribution in [1.29, 1.82) is 0 Å². The minimum absolute atomic E-state index is 0.0730. The van der Waals surface area contributed by atoms with Gasteiger partial charge in [-0.2, -0.15) is 5.10 Å². The van der Waals surface area contributed by atoms with Crippen LogP contribution in [-0.4, -0.2) is 21.6 Å². The molecule has 0 radical (unpaired) electrons. The number of carbonyl (C=O) groups is 2. The van der Waals surface area contributed by atoms with Gasteiger partial charge in [-0.25, -0.2) is 0 Å². The van der Waals surface area contributed by atoms with Crippen molar-refractivity contribution in [3.05, 3.63) is 38.8 Å². The Kier molecular flexibility index (Phi) is 4.97. The normalized spacial score (nSPS) is 10.5. The van der Waals surface area contributed by atoms with Gasteiger partial charge in [0.15, 0.2) is 0 Å². The van der Waals surface area contributed by atoms with Crippen molar-refractivity contribution < 1.29 is 9.59 Å². The van der Waals surface area contributed by atoms with Gasteiger partial charge in [0.2, 0.25) is 0 Å². The molecule has 0 aliphatic carbocycles. The van der Waals surface area contributed by atoms with Crippen LogP contribution in [0.2, 0.25) is 0 Å². The van der Waals surface area contributed by atoms with Gasteiger partial charge >= 0.3 is 0 Å². The molecule has 0 atom stereocenters. The number of amides is 2. The number of nitrogens with one attached hydrogen (secondary N) is 2. The van der Waals surface area contributed by atoms with E-state index in [0.717, 1.165) is 28.2 Å². The smallest absolute Gasteiger partial charge is 0.271 e. The van der Waals surface area contributed by atoms with Crippen LogP contribution in [0.1, 0.15) is 38.4 Å². The molecule has 0 aliphatic rings. The summed E-state index contributed by atoms with van der Waals surface area (Å²) in [5, 5.41) is 4.21. The molecule has 0 saturated carbocycles. The van der Waals surface area contributed by atoms with Crippen LogP contribution in [0, 0.1) is 20.8 Å². The highest BCUT2D eigenvalue weighted by molar-refractivity contribution is 7.14. The molecule has 2 aromatic rings. The Morgan fingerprint density at radius 2 is 1.95 bits per heavy atom. The SMILES string of the molecule is CCc1cc(C(=O)NNC(=O)Cn2nc(C)cc2C)sc1C. The number of nitrogens with zero attached hydrogens (tertiary/aromatic N) is 2. The van der Waals surface area contributed by atoms with Crippen molar-refractivity contribution in [1.82, 2.24) is 20.6 Å². The first-order chi connectivity index (χ1) is 10.4. The van der Waals surface area contributed by atoms with E-state index < -0.39 is 0 Å². The van der Waals surface area contributed by atoms with Crippen molar-refractivity contribution in [2.75, 3.05) is 0 Å². The summed E-state index contributed by atoms with van der Waals surface area (Å²) in [7, 11) is 0. The Balaban J connectivity index is 1.90. The second-order valence-electron chi connectivity index (χ2n) is 5.13. The summed E-state index contributed by atoms with van der Waals surface area (Å²) in [6.07, 6.45) is 0.889. The van der Waals surface area contributed by atoms with Gasteiger partial charge in [-0.15, -0.1) is 11.3 Å². The van der Waals surface area contributed by atoms with Crippen LogP contribution in [0.3, 0.4) is 0 Å². The van der Waals surface area contributed by atoms with Crippen molar-refractivity contribution in [3.8, 4) is 0 Å². The summed E-state index contributed by atoms with van der Waals surface area (Å²) in [6, 6.07) is 3.76. The Morgan fingerprint density at radius 1 is 1.23 bits per heavy atom. The fourth-order valence-corrected chi connectivity index (χ4v) is 3.19. The van der Waals surface area contributed by atoms with Crippen LogP contribution in [0.15, 0.2) is 12.1 Å². The molecule has 7 heteroatoms. The van der Waals surface area contributed by atoms with Crippen molar-refractivity contribution in [2.45, 2.75) is 40.7 Å². The molecule has 0 saturated heterocycles. The lowest BCUT2D eigenvalue weighted by Gasteiger charge is -2.07. The molecule has 6 nitrogen and oxygen atoms in total. The van der Waals surface area contributed by atoms with Crippen LogP contribution in [0.25, 0.3) is 0 Å². The van der Waals surface area contributed by atoms with Crippen LogP contribution in [0.5, 0.6) is 0 Å². The van der Waals surface area contributed by atoms with E-state index in [-0.39, 0.29) is 18.4 Å². The number of carbonyl (C=O) groups excluding carboxylic acids is 2. The van der Waals surface area contributed by atoms with Crippen molar-refractivity contribution >= 4 is 23.2 Å². The van der Waals surface area contributed by atoms with Crippen LogP contribution in [-0.2, 0) is 17.8 Å². The minimum Gasteiger partial charge on any atom is -0.271 e. The zero-order valence-corrected chi connectivity index (χ0v) is 14.0. The van der Waals surface area contributed by atoms with Crippen LogP contribution >= 0.6 is 11.3 Å². The van der Waals surface area contributed by atoms with Crippen LogP contribution in [0.4, 0.5) is 0 Å². The summed E-state index contributed by atoms with van der Waals surface area (Å²) in [6.45, 7) is 7.86. The van der Waals surface area contributed by atoms with Gasteiger partial charge in [0, 0.05) is 10.6 Å².